The van der Waals surface area contributed by atoms with Crippen LogP contribution in [-0.4, -0.2) is 16.8 Å². The van der Waals surface area contributed by atoms with Crippen LogP contribution < -0.4 is 5.73 Å². The van der Waals surface area contributed by atoms with E-state index in [9.17, 15) is 4.79 Å². The Balaban J connectivity index is 2.86. The molecule has 4 heteroatoms. The molecule has 0 aliphatic carbocycles. The summed E-state index contributed by atoms with van der Waals surface area (Å²) in [4.78, 5) is 13.8. The van der Waals surface area contributed by atoms with Gasteiger partial charge in [-0.1, -0.05) is 0 Å². The molecular formula is C5H6N2O2. The third-order valence-corrected chi connectivity index (χ3v) is 0.901. The summed E-state index contributed by atoms with van der Waals surface area (Å²) in [7, 11) is 0. The molecule has 0 saturated carbocycles. The Kier molecular flexibility index (Phi) is 1.22. The molecule has 1 aliphatic heterocycles. The van der Waals surface area contributed by atoms with E-state index in [1.807, 2.05) is 0 Å². The maximum absolute atomic E-state index is 10.4. The minimum absolute atomic E-state index is 0.0208. The zero-order valence-corrected chi connectivity index (χ0v) is 4.66. The maximum atomic E-state index is 10.4. The molecule has 9 heavy (non-hydrogen) atoms. The van der Waals surface area contributed by atoms with Crippen molar-refractivity contribution in [2.24, 2.45) is 10.7 Å². The van der Waals surface area contributed by atoms with Crippen LogP contribution in [0.5, 0.6) is 0 Å². The molecule has 0 unspecified atom stereocenters. The van der Waals surface area contributed by atoms with Crippen LogP contribution in [0.2, 0.25) is 0 Å². The van der Waals surface area contributed by atoms with E-state index in [-0.39, 0.29) is 18.0 Å². The average molecular weight is 126 g/mol. The van der Waals surface area contributed by atoms with Crippen LogP contribution in [0.3, 0.4) is 0 Å². The summed E-state index contributed by atoms with van der Waals surface area (Å²) in [6, 6.07) is 0. The van der Waals surface area contributed by atoms with Gasteiger partial charge in [0.05, 0.1) is 6.42 Å². The normalized spacial score (nSPS) is 18.9. The molecule has 1 heterocycles. The number of carbonyl (C=O) groups excluding carboxylic acids is 1. The van der Waals surface area contributed by atoms with Crippen molar-refractivity contribution in [2.75, 3.05) is 0 Å². The molecule has 0 fully saturated rings. The number of aliphatic hydroxyl groups excluding tert-OH is 1. The molecule has 1 aliphatic rings. The van der Waals surface area contributed by atoms with E-state index in [1.165, 1.54) is 6.08 Å². The molecule has 0 aromatic heterocycles. The second-order valence-corrected chi connectivity index (χ2v) is 1.74. The number of aliphatic imine (C=N–C) groups is 1. The van der Waals surface area contributed by atoms with Crippen molar-refractivity contribution in [2.45, 2.75) is 6.42 Å². The summed E-state index contributed by atoms with van der Waals surface area (Å²) in [5, 5.41) is 8.73. The van der Waals surface area contributed by atoms with E-state index in [1.54, 1.807) is 0 Å². The number of hydrogen-bond donors (Lipinski definition) is 2. The van der Waals surface area contributed by atoms with Gasteiger partial charge in [-0.25, -0.2) is 0 Å². The third-order valence-electron chi connectivity index (χ3n) is 0.901. The minimum atomic E-state index is -0.396. The predicted octanol–water partition coefficient (Wildman–Crippen LogP) is -0.284. The molecule has 0 saturated heterocycles. The first-order chi connectivity index (χ1) is 4.18. The lowest BCUT2D eigenvalue weighted by atomic mass is 10.2. The van der Waals surface area contributed by atoms with Crippen LogP contribution in [0.1, 0.15) is 6.42 Å². The second kappa shape index (κ2) is 1.89. The van der Waals surface area contributed by atoms with Gasteiger partial charge in [0, 0.05) is 6.08 Å². The standard InChI is InChI=1S/C5H6N2O2/c6-4-1-3(8)2-5(9)7-4/h1,8H,2H2,(H2,6,7,9). The Hall–Kier alpha value is -1.32. The van der Waals surface area contributed by atoms with Gasteiger partial charge in [-0.3, -0.25) is 4.79 Å². The zero-order chi connectivity index (χ0) is 6.85. The average Bonchev–Trinajstić information content (AvgIpc) is 1.59. The number of nitrogens with two attached hydrogens (primary N) is 1. The fraction of sp³-hybridized carbons (Fsp3) is 0.200. The first-order valence-corrected chi connectivity index (χ1v) is 2.45. The number of hydrogen-bond acceptors (Lipinski definition) is 3. The lowest BCUT2D eigenvalue weighted by Gasteiger charge is -2.01. The predicted molar refractivity (Wildman–Crippen MR) is 32.0 cm³/mol. The van der Waals surface area contributed by atoms with Crippen LogP contribution in [-0.2, 0) is 4.79 Å². The number of amides is 1. The molecule has 0 aromatic rings. The molecular weight excluding hydrogens is 120 g/mol. The lowest BCUT2D eigenvalue weighted by molar-refractivity contribution is -0.117. The third kappa shape index (κ3) is 1.28. The van der Waals surface area contributed by atoms with Gasteiger partial charge in [-0.15, -0.1) is 0 Å². The van der Waals surface area contributed by atoms with Crippen LogP contribution in [0.15, 0.2) is 16.8 Å². The van der Waals surface area contributed by atoms with E-state index in [4.69, 9.17) is 10.8 Å². The highest BCUT2D eigenvalue weighted by Gasteiger charge is 2.09. The Morgan fingerprint density at radius 3 is 2.89 bits per heavy atom. The Morgan fingerprint density at radius 1 is 1.78 bits per heavy atom. The van der Waals surface area contributed by atoms with E-state index in [0.717, 1.165) is 0 Å². The quantitative estimate of drug-likeness (QED) is 0.468. The summed E-state index contributed by atoms with van der Waals surface area (Å²) in [5.74, 6) is -0.344. The van der Waals surface area contributed by atoms with Gasteiger partial charge in [0.15, 0.2) is 0 Å². The van der Waals surface area contributed by atoms with Crippen LogP contribution in [0.4, 0.5) is 0 Å². The van der Waals surface area contributed by atoms with Crippen molar-refractivity contribution < 1.29 is 9.90 Å². The number of aliphatic hydroxyl groups is 1. The SMILES string of the molecule is NC1=NC(=O)CC(O)=C1. The van der Waals surface area contributed by atoms with E-state index >= 15 is 0 Å². The molecule has 0 aromatic carbocycles. The maximum Gasteiger partial charge on any atom is 0.255 e. The minimum Gasteiger partial charge on any atom is -0.512 e. The fourth-order valence-corrected chi connectivity index (χ4v) is 0.592. The molecule has 0 atom stereocenters. The highest BCUT2D eigenvalue weighted by molar-refractivity contribution is 6.03. The number of nitrogens with zero attached hydrogens (tertiary/aromatic N) is 1. The summed E-state index contributed by atoms with van der Waals surface area (Å²) in [5.41, 5.74) is 5.11. The van der Waals surface area contributed by atoms with Crippen molar-refractivity contribution in [3.63, 3.8) is 0 Å². The fourth-order valence-electron chi connectivity index (χ4n) is 0.592. The van der Waals surface area contributed by atoms with E-state index in [0.29, 0.717) is 0 Å². The van der Waals surface area contributed by atoms with Crippen molar-refractivity contribution in [3.05, 3.63) is 11.8 Å². The molecule has 0 spiro atoms. The van der Waals surface area contributed by atoms with Crippen molar-refractivity contribution in [1.29, 1.82) is 0 Å². The van der Waals surface area contributed by atoms with Gasteiger partial charge in [0.25, 0.3) is 5.91 Å². The Labute approximate surface area is 51.7 Å². The topological polar surface area (TPSA) is 75.7 Å². The summed E-state index contributed by atoms with van der Waals surface area (Å²) >= 11 is 0. The zero-order valence-electron chi connectivity index (χ0n) is 4.66. The summed E-state index contributed by atoms with van der Waals surface area (Å²) in [6.45, 7) is 0. The van der Waals surface area contributed by atoms with E-state index < -0.39 is 5.91 Å². The van der Waals surface area contributed by atoms with Crippen molar-refractivity contribution in [3.8, 4) is 0 Å². The summed E-state index contributed by atoms with van der Waals surface area (Å²) in [6.07, 6.45) is 1.24. The number of amidine groups is 1. The lowest BCUT2D eigenvalue weighted by Crippen LogP contribution is -2.16. The van der Waals surface area contributed by atoms with Gasteiger partial charge in [-0.05, 0) is 0 Å². The first kappa shape index (κ1) is 5.81. The molecule has 0 bridgehead atoms. The van der Waals surface area contributed by atoms with Gasteiger partial charge < -0.3 is 10.8 Å². The molecule has 0 radical (unpaired) electrons. The highest BCUT2D eigenvalue weighted by atomic mass is 16.3. The molecule has 3 N–H and O–H groups in total. The number of rotatable bonds is 0. The largest absolute Gasteiger partial charge is 0.512 e. The molecule has 4 nitrogen and oxygen atoms in total. The molecule has 1 rings (SSSR count). The smallest absolute Gasteiger partial charge is 0.255 e. The number of carbonyl (C=O) groups is 1. The molecule has 48 valence electrons. The monoisotopic (exact) mass is 126 g/mol. The first-order valence-electron chi connectivity index (χ1n) is 2.45. The molecule has 1 amide bonds. The number of dihydropyridines is 1. The van der Waals surface area contributed by atoms with Gasteiger partial charge in [0.1, 0.15) is 11.6 Å². The van der Waals surface area contributed by atoms with E-state index in [2.05, 4.69) is 4.99 Å². The highest BCUT2D eigenvalue weighted by Crippen LogP contribution is 2.02. The van der Waals surface area contributed by atoms with Crippen molar-refractivity contribution in [1.82, 2.24) is 0 Å². The van der Waals surface area contributed by atoms with Crippen LogP contribution in [0, 0.1) is 0 Å². The van der Waals surface area contributed by atoms with Crippen LogP contribution >= 0.6 is 0 Å². The van der Waals surface area contributed by atoms with Gasteiger partial charge >= 0.3 is 0 Å². The van der Waals surface area contributed by atoms with Crippen LogP contribution in [0.25, 0.3) is 0 Å². The van der Waals surface area contributed by atoms with Gasteiger partial charge in [0.2, 0.25) is 0 Å². The summed E-state index contributed by atoms with van der Waals surface area (Å²) < 4.78 is 0. The Morgan fingerprint density at radius 2 is 2.44 bits per heavy atom. The van der Waals surface area contributed by atoms with Crippen molar-refractivity contribution >= 4 is 11.7 Å². The van der Waals surface area contributed by atoms with Gasteiger partial charge in [-0.2, -0.15) is 4.99 Å². The second-order valence-electron chi connectivity index (χ2n) is 1.74. The Bertz CT molecular complexity index is 205.